The minimum absolute atomic E-state index is 0.312. The molecule has 1 amide bonds. The highest BCUT2D eigenvalue weighted by Crippen LogP contribution is 2.14. The van der Waals surface area contributed by atoms with E-state index in [1.165, 1.54) is 5.57 Å². The first kappa shape index (κ1) is 22.9. The normalized spacial score (nSPS) is 9.52. The van der Waals surface area contributed by atoms with Crippen molar-refractivity contribution in [2.45, 2.75) is 33.6 Å². The van der Waals surface area contributed by atoms with Crippen LogP contribution in [0.25, 0.3) is 0 Å². The molecule has 23 heavy (non-hydrogen) atoms. The molecule has 0 saturated heterocycles. The van der Waals surface area contributed by atoms with Crippen LogP contribution in [0.1, 0.15) is 44.0 Å². The van der Waals surface area contributed by atoms with E-state index in [-0.39, 0.29) is 5.91 Å². The lowest BCUT2D eigenvalue weighted by atomic mass is 10.2. The van der Waals surface area contributed by atoms with Crippen molar-refractivity contribution in [1.29, 1.82) is 5.41 Å². The lowest BCUT2D eigenvalue weighted by Crippen LogP contribution is -2.29. The van der Waals surface area contributed by atoms with E-state index in [9.17, 15) is 4.79 Å². The van der Waals surface area contributed by atoms with Crippen LogP contribution in [0.3, 0.4) is 0 Å². The van der Waals surface area contributed by atoms with Gasteiger partial charge in [-0.2, -0.15) is 0 Å². The van der Waals surface area contributed by atoms with Gasteiger partial charge in [0.05, 0.1) is 0 Å². The van der Waals surface area contributed by atoms with Gasteiger partial charge in [0.15, 0.2) is 0 Å². The zero-order valence-corrected chi connectivity index (χ0v) is 14.6. The predicted molar refractivity (Wildman–Crippen MR) is 96.8 cm³/mol. The van der Waals surface area contributed by atoms with Crippen molar-refractivity contribution in [2.75, 3.05) is 13.7 Å². The maximum Gasteiger partial charge on any atom is 0.265 e. The van der Waals surface area contributed by atoms with Crippen LogP contribution in [-0.2, 0) is 0 Å². The Hall–Kier alpha value is -2.34. The van der Waals surface area contributed by atoms with Gasteiger partial charge >= 0.3 is 0 Å². The van der Waals surface area contributed by atoms with Crippen LogP contribution in [0.5, 0.6) is 5.75 Å². The number of nitrogens with one attached hydrogen (secondary N) is 3. The van der Waals surface area contributed by atoms with Gasteiger partial charge in [0.25, 0.3) is 5.91 Å². The molecule has 6 nitrogen and oxygen atoms in total. The maximum absolute atomic E-state index is 11.3. The van der Waals surface area contributed by atoms with E-state index < -0.39 is 0 Å². The molecule has 0 aliphatic rings. The molecular formula is C17H30N4O2. The van der Waals surface area contributed by atoms with Gasteiger partial charge in [-0.1, -0.05) is 27.2 Å². The van der Waals surface area contributed by atoms with Crippen LogP contribution in [0.2, 0.25) is 0 Å². The van der Waals surface area contributed by atoms with Crippen molar-refractivity contribution >= 4 is 12.6 Å². The van der Waals surface area contributed by atoms with Crippen LogP contribution in [-0.4, -0.2) is 26.3 Å². The monoisotopic (exact) mass is 322 g/mol. The highest BCUT2D eigenvalue weighted by atomic mass is 16.5. The van der Waals surface area contributed by atoms with Gasteiger partial charge in [-0.05, 0) is 49.2 Å². The van der Waals surface area contributed by atoms with Crippen LogP contribution in [0, 0.1) is 5.41 Å². The quantitative estimate of drug-likeness (QED) is 0.268. The molecule has 0 aliphatic carbocycles. The van der Waals surface area contributed by atoms with Gasteiger partial charge in [0.2, 0.25) is 0 Å². The fourth-order valence-corrected chi connectivity index (χ4v) is 1.67. The summed E-state index contributed by atoms with van der Waals surface area (Å²) in [6.07, 6.45) is 4.03. The fraction of sp³-hybridized carbons (Fsp3) is 0.412. The molecule has 0 atom stereocenters. The number of hydrogen-bond acceptors (Lipinski definition) is 5. The molecular weight excluding hydrogens is 292 g/mol. The largest absolute Gasteiger partial charge is 0.489 e. The number of amides is 1. The number of ether oxygens (including phenoxy) is 1. The van der Waals surface area contributed by atoms with Crippen LogP contribution in [0.4, 0.5) is 0 Å². The standard InChI is InChI=1S/C14H21N3O2.C2H6.CH3N/c1-3-4-11(9-16-2)10-19-13-7-5-12(6-8-13)14(18)17-15;2*1-2/h5-9,16H,3-4,10,15H2,1-2H3,(H,17,18);1-2H3;2H,1H2/b11-9+;;. The summed E-state index contributed by atoms with van der Waals surface area (Å²) in [4.78, 5) is 11.3. The molecule has 0 spiro atoms. The van der Waals surface area contributed by atoms with Crippen LogP contribution in [0.15, 0.2) is 36.0 Å². The first-order valence-corrected chi connectivity index (χ1v) is 7.65. The summed E-state index contributed by atoms with van der Waals surface area (Å²) in [7, 11) is 1.87. The van der Waals surface area contributed by atoms with Crippen molar-refractivity contribution < 1.29 is 9.53 Å². The smallest absolute Gasteiger partial charge is 0.265 e. The SMILES string of the molecule is C=N.CC.CCC/C(=C\NC)COc1ccc(C(=O)NN)cc1. The average molecular weight is 322 g/mol. The second-order valence-corrected chi connectivity index (χ2v) is 4.13. The molecule has 1 aromatic rings. The first-order valence-electron chi connectivity index (χ1n) is 7.65. The van der Waals surface area contributed by atoms with E-state index in [0.29, 0.717) is 12.2 Å². The zero-order chi connectivity index (χ0) is 18.1. The summed E-state index contributed by atoms with van der Waals surface area (Å²) in [5.74, 6) is 5.48. The lowest BCUT2D eigenvalue weighted by Gasteiger charge is -2.10. The number of benzene rings is 1. The summed E-state index contributed by atoms with van der Waals surface area (Å²) in [6, 6.07) is 6.87. The number of carbonyl (C=O) groups is 1. The van der Waals surface area contributed by atoms with E-state index in [1.807, 2.05) is 27.1 Å². The highest BCUT2D eigenvalue weighted by molar-refractivity contribution is 5.93. The van der Waals surface area contributed by atoms with Crippen molar-refractivity contribution in [3.8, 4) is 5.75 Å². The first-order chi connectivity index (χ1) is 11.2. The molecule has 0 fully saturated rings. The van der Waals surface area contributed by atoms with E-state index in [4.69, 9.17) is 16.0 Å². The number of rotatable bonds is 7. The van der Waals surface area contributed by atoms with Gasteiger partial charge in [-0.15, -0.1) is 0 Å². The molecule has 0 aromatic heterocycles. The van der Waals surface area contributed by atoms with Crippen LogP contribution < -0.4 is 21.3 Å². The minimum Gasteiger partial charge on any atom is -0.489 e. The molecule has 0 unspecified atom stereocenters. The zero-order valence-electron chi connectivity index (χ0n) is 14.6. The molecule has 0 radical (unpaired) electrons. The Kier molecular flexibility index (Phi) is 16.0. The molecule has 130 valence electrons. The molecule has 0 bridgehead atoms. The number of nitrogens with two attached hydrogens (primary N) is 1. The Morgan fingerprint density at radius 1 is 1.30 bits per heavy atom. The Balaban J connectivity index is 0. The molecule has 1 aromatic carbocycles. The number of hydrazine groups is 1. The maximum atomic E-state index is 11.3. The Morgan fingerprint density at radius 2 is 1.87 bits per heavy atom. The fourth-order valence-electron chi connectivity index (χ4n) is 1.67. The minimum atomic E-state index is -0.312. The second kappa shape index (κ2) is 16.0. The van der Waals surface area contributed by atoms with Crippen molar-refractivity contribution in [3.05, 3.63) is 41.6 Å². The molecule has 0 aliphatic heterocycles. The topological polar surface area (TPSA) is 100 Å². The molecule has 0 saturated carbocycles. The van der Waals surface area contributed by atoms with Gasteiger partial charge < -0.3 is 15.5 Å². The van der Waals surface area contributed by atoms with Gasteiger partial charge in [0.1, 0.15) is 12.4 Å². The average Bonchev–Trinajstić information content (AvgIpc) is 2.63. The Morgan fingerprint density at radius 3 is 2.30 bits per heavy atom. The summed E-state index contributed by atoms with van der Waals surface area (Å²) in [6.45, 7) is 9.17. The molecule has 1 rings (SSSR count). The van der Waals surface area contributed by atoms with Crippen molar-refractivity contribution in [3.63, 3.8) is 0 Å². The summed E-state index contributed by atoms with van der Waals surface area (Å²) in [5.41, 5.74) is 3.80. The van der Waals surface area contributed by atoms with Crippen molar-refractivity contribution in [1.82, 2.24) is 10.7 Å². The molecule has 0 heterocycles. The molecule has 5 N–H and O–H groups in total. The highest BCUT2D eigenvalue weighted by Gasteiger charge is 2.03. The third-order valence-electron chi connectivity index (χ3n) is 2.59. The van der Waals surface area contributed by atoms with E-state index in [0.717, 1.165) is 18.6 Å². The predicted octanol–water partition coefficient (Wildman–Crippen LogP) is 2.86. The third kappa shape index (κ3) is 10.1. The van der Waals surface area contributed by atoms with Gasteiger partial charge in [0, 0.05) is 12.6 Å². The lowest BCUT2D eigenvalue weighted by molar-refractivity contribution is 0.0953. The van der Waals surface area contributed by atoms with Gasteiger partial charge in [-0.25, -0.2) is 5.84 Å². The third-order valence-corrected chi connectivity index (χ3v) is 2.59. The molecule has 6 heteroatoms. The number of carbonyl (C=O) groups excluding carboxylic acids is 1. The Labute approximate surface area is 139 Å². The summed E-state index contributed by atoms with van der Waals surface area (Å²) < 4.78 is 5.67. The van der Waals surface area contributed by atoms with Gasteiger partial charge in [-0.3, -0.25) is 10.2 Å². The second-order valence-electron chi connectivity index (χ2n) is 4.13. The van der Waals surface area contributed by atoms with E-state index in [1.54, 1.807) is 24.3 Å². The van der Waals surface area contributed by atoms with Crippen molar-refractivity contribution in [2.24, 2.45) is 5.84 Å². The van der Waals surface area contributed by atoms with E-state index >= 15 is 0 Å². The number of hydrogen-bond donors (Lipinski definition) is 4. The summed E-state index contributed by atoms with van der Waals surface area (Å²) in [5, 5.41) is 8.51. The van der Waals surface area contributed by atoms with Crippen LogP contribution >= 0.6 is 0 Å². The van der Waals surface area contributed by atoms with E-state index in [2.05, 4.69) is 24.4 Å². The Bertz CT molecular complexity index is 444. The summed E-state index contributed by atoms with van der Waals surface area (Å²) >= 11 is 0. The number of nitrogen functional groups attached to an aromatic ring is 1.